The Morgan fingerprint density at radius 3 is 2.58 bits per heavy atom. The molecule has 0 atom stereocenters. The van der Waals surface area contributed by atoms with Gasteiger partial charge in [0.05, 0.1) is 12.7 Å². The van der Waals surface area contributed by atoms with Crippen LogP contribution in [0.15, 0.2) is 24.3 Å². The van der Waals surface area contributed by atoms with E-state index in [1.807, 2.05) is 31.2 Å². The van der Waals surface area contributed by atoms with Crippen LogP contribution in [0.2, 0.25) is 0 Å². The molecule has 0 amide bonds. The van der Waals surface area contributed by atoms with E-state index in [1.54, 1.807) is 0 Å². The first-order chi connectivity index (χ1) is 9.28. The standard InChI is InChI=1S/C15H23NO3/c1-2-18-14-4-3-5-15(12-14)19-11-10-16-8-6-13(17)7-9-16/h3-5,12-13,17H,2,6-11H2,1H3. The van der Waals surface area contributed by atoms with Crippen molar-refractivity contribution >= 4 is 0 Å². The maximum Gasteiger partial charge on any atom is 0.123 e. The van der Waals surface area contributed by atoms with E-state index in [2.05, 4.69) is 4.90 Å². The van der Waals surface area contributed by atoms with Crippen LogP contribution in [-0.4, -0.2) is 49.0 Å². The Kier molecular flexibility index (Phi) is 5.48. The van der Waals surface area contributed by atoms with E-state index < -0.39 is 0 Å². The summed E-state index contributed by atoms with van der Waals surface area (Å²) in [6, 6.07) is 7.74. The monoisotopic (exact) mass is 265 g/mol. The number of rotatable bonds is 6. The van der Waals surface area contributed by atoms with Crippen LogP contribution in [0.25, 0.3) is 0 Å². The Labute approximate surface area is 114 Å². The van der Waals surface area contributed by atoms with Gasteiger partial charge in [-0.2, -0.15) is 0 Å². The molecule has 0 spiro atoms. The summed E-state index contributed by atoms with van der Waals surface area (Å²) in [5.41, 5.74) is 0. The van der Waals surface area contributed by atoms with Gasteiger partial charge in [-0.3, -0.25) is 4.90 Å². The summed E-state index contributed by atoms with van der Waals surface area (Å²) >= 11 is 0. The minimum absolute atomic E-state index is 0.111. The number of nitrogens with zero attached hydrogens (tertiary/aromatic N) is 1. The highest BCUT2D eigenvalue weighted by Crippen LogP contribution is 2.19. The molecule has 1 aliphatic rings. The zero-order chi connectivity index (χ0) is 13.5. The number of aliphatic hydroxyl groups excluding tert-OH is 1. The summed E-state index contributed by atoms with van der Waals surface area (Å²) in [4.78, 5) is 2.33. The average Bonchev–Trinajstić information content (AvgIpc) is 2.42. The minimum Gasteiger partial charge on any atom is -0.494 e. The maximum atomic E-state index is 9.44. The molecule has 4 nitrogen and oxygen atoms in total. The molecule has 0 aliphatic carbocycles. The van der Waals surface area contributed by atoms with Crippen molar-refractivity contribution in [3.8, 4) is 11.5 Å². The molecule has 0 bridgehead atoms. The van der Waals surface area contributed by atoms with Crippen molar-refractivity contribution in [3.05, 3.63) is 24.3 Å². The first-order valence-corrected chi connectivity index (χ1v) is 7.04. The number of hydrogen-bond donors (Lipinski definition) is 1. The molecular weight excluding hydrogens is 242 g/mol. The van der Waals surface area contributed by atoms with Gasteiger partial charge < -0.3 is 14.6 Å². The molecular formula is C15H23NO3. The highest BCUT2D eigenvalue weighted by atomic mass is 16.5. The highest BCUT2D eigenvalue weighted by molar-refractivity contribution is 5.32. The van der Waals surface area contributed by atoms with E-state index in [0.717, 1.165) is 44.0 Å². The van der Waals surface area contributed by atoms with Gasteiger partial charge in [0.2, 0.25) is 0 Å². The van der Waals surface area contributed by atoms with E-state index in [-0.39, 0.29) is 6.10 Å². The maximum absolute atomic E-state index is 9.44. The van der Waals surface area contributed by atoms with Crippen LogP contribution >= 0.6 is 0 Å². The molecule has 1 aromatic rings. The smallest absolute Gasteiger partial charge is 0.123 e. The number of likely N-dealkylation sites (tertiary alicyclic amines) is 1. The molecule has 1 N–H and O–H groups in total. The lowest BCUT2D eigenvalue weighted by molar-refractivity contribution is 0.0754. The van der Waals surface area contributed by atoms with Crippen LogP contribution in [0.1, 0.15) is 19.8 Å². The molecule has 0 radical (unpaired) electrons. The van der Waals surface area contributed by atoms with Gasteiger partial charge in [-0.15, -0.1) is 0 Å². The molecule has 19 heavy (non-hydrogen) atoms. The lowest BCUT2D eigenvalue weighted by Crippen LogP contribution is -2.38. The summed E-state index contributed by atoms with van der Waals surface area (Å²) in [6.07, 6.45) is 1.64. The zero-order valence-corrected chi connectivity index (χ0v) is 11.5. The van der Waals surface area contributed by atoms with Crippen LogP contribution < -0.4 is 9.47 Å². The Bertz CT molecular complexity index is 375. The molecule has 1 aliphatic heterocycles. The fraction of sp³-hybridized carbons (Fsp3) is 0.600. The number of benzene rings is 1. The molecule has 2 rings (SSSR count). The zero-order valence-electron chi connectivity index (χ0n) is 11.5. The summed E-state index contributed by atoms with van der Waals surface area (Å²) in [5.74, 6) is 1.70. The first-order valence-electron chi connectivity index (χ1n) is 7.04. The Balaban J connectivity index is 1.71. The van der Waals surface area contributed by atoms with E-state index in [0.29, 0.717) is 13.2 Å². The van der Waals surface area contributed by atoms with Gasteiger partial charge >= 0.3 is 0 Å². The van der Waals surface area contributed by atoms with E-state index in [1.165, 1.54) is 0 Å². The third kappa shape index (κ3) is 4.73. The number of hydrogen-bond acceptors (Lipinski definition) is 4. The molecule has 1 heterocycles. The second-order valence-corrected chi connectivity index (χ2v) is 4.83. The SMILES string of the molecule is CCOc1cccc(OCCN2CCC(O)CC2)c1. The van der Waals surface area contributed by atoms with Crippen LogP contribution in [0.5, 0.6) is 11.5 Å². The Hall–Kier alpha value is -1.26. The molecule has 1 aromatic carbocycles. The summed E-state index contributed by atoms with van der Waals surface area (Å²) in [5, 5.41) is 9.44. The first kappa shape index (κ1) is 14.2. The van der Waals surface area contributed by atoms with Crippen molar-refractivity contribution < 1.29 is 14.6 Å². The van der Waals surface area contributed by atoms with Gasteiger partial charge in [-0.1, -0.05) is 6.07 Å². The van der Waals surface area contributed by atoms with E-state index in [4.69, 9.17) is 9.47 Å². The third-order valence-corrected chi connectivity index (χ3v) is 3.35. The van der Waals surface area contributed by atoms with Crippen molar-refractivity contribution in [2.24, 2.45) is 0 Å². The van der Waals surface area contributed by atoms with E-state index >= 15 is 0 Å². The average molecular weight is 265 g/mol. The second kappa shape index (κ2) is 7.36. The van der Waals surface area contributed by atoms with Crippen LogP contribution in [-0.2, 0) is 0 Å². The highest BCUT2D eigenvalue weighted by Gasteiger charge is 2.16. The Morgan fingerprint density at radius 2 is 1.89 bits per heavy atom. The van der Waals surface area contributed by atoms with Crippen LogP contribution in [0.4, 0.5) is 0 Å². The topological polar surface area (TPSA) is 41.9 Å². The molecule has 1 fully saturated rings. The minimum atomic E-state index is -0.111. The number of aliphatic hydroxyl groups is 1. The largest absolute Gasteiger partial charge is 0.494 e. The van der Waals surface area contributed by atoms with Crippen molar-refractivity contribution in [3.63, 3.8) is 0 Å². The Morgan fingerprint density at radius 1 is 1.21 bits per heavy atom. The van der Waals surface area contributed by atoms with E-state index in [9.17, 15) is 5.11 Å². The van der Waals surface area contributed by atoms with Gasteiger partial charge in [-0.05, 0) is 31.9 Å². The van der Waals surface area contributed by atoms with Gasteiger partial charge in [0.25, 0.3) is 0 Å². The van der Waals surface area contributed by atoms with Gasteiger partial charge in [0, 0.05) is 25.7 Å². The van der Waals surface area contributed by atoms with Gasteiger partial charge in [-0.25, -0.2) is 0 Å². The van der Waals surface area contributed by atoms with Crippen molar-refractivity contribution in [2.45, 2.75) is 25.9 Å². The van der Waals surface area contributed by atoms with Crippen molar-refractivity contribution in [1.82, 2.24) is 4.90 Å². The predicted octanol–water partition coefficient (Wildman–Crippen LogP) is 1.92. The fourth-order valence-corrected chi connectivity index (χ4v) is 2.26. The molecule has 1 saturated heterocycles. The van der Waals surface area contributed by atoms with Crippen LogP contribution in [0.3, 0.4) is 0 Å². The van der Waals surface area contributed by atoms with Crippen molar-refractivity contribution in [2.75, 3.05) is 32.8 Å². The van der Waals surface area contributed by atoms with Crippen molar-refractivity contribution in [1.29, 1.82) is 0 Å². The molecule has 0 saturated carbocycles. The number of piperidine rings is 1. The third-order valence-electron chi connectivity index (χ3n) is 3.35. The quantitative estimate of drug-likeness (QED) is 0.853. The summed E-state index contributed by atoms with van der Waals surface area (Å²) in [6.45, 7) is 6.14. The molecule has 106 valence electrons. The normalized spacial score (nSPS) is 17.4. The second-order valence-electron chi connectivity index (χ2n) is 4.83. The lowest BCUT2D eigenvalue weighted by atomic mass is 10.1. The fourth-order valence-electron chi connectivity index (χ4n) is 2.26. The lowest BCUT2D eigenvalue weighted by Gasteiger charge is -2.29. The summed E-state index contributed by atoms with van der Waals surface area (Å²) in [7, 11) is 0. The molecule has 0 aromatic heterocycles. The molecule has 0 unspecified atom stereocenters. The predicted molar refractivity (Wildman–Crippen MR) is 74.8 cm³/mol. The van der Waals surface area contributed by atoms with Crippen LogP contribution in [0, 0.1) is 0 Å². The molecule has 4 heteroatoms. The van der Waals surface area contributed by atoms with Gasteiger partial charge in [0.15, 0.2) is 0 Å². The number of ether oxygens (including phenoxy) is 2. The van der Waals surface area contributed by atoms with Gasteiger partial charge in [0.1, 0.15) is 18.1 Å². The summed E-state index contributed by atoms with van der Waals surface area (Å²) < 4.78 is 11.2.